The second-order valence-electron chi connectivity index (χ2n) is 7.66. The molecule has 1 saturated heterocycles. The van der Waals surface area contributed by atoms with Gasteiger partial charge in [0.1, 0.15) is 12.4 Å². The Morgan fingerprint density at radius 1 is 1.06 bits per heavy atom. The highest BCUT2D eigenvalue weighted by molar-refractivity contribution is 14.0. The number of ether oxygens (including phenoxy) is 2. The van der Waals surface area contributed by atoms with Crippen molar-refractivity contribution < 1.29 is 14.3 Å². The van der Waals surface area contributed by atoms with Crippen LogP contribution in [0.2, 0.25) is 0 Å². The fourth-order valence-corrected chi connectivity index (χ4v) is 3.73. The van der Waals surface area contributed by atoms with Gasteiger partial charge in [0.15, 0.2) is 5.96 Å². The normalized spacial score (nSPS) is 14.4. The molecule has 2 aromatic carbocycles. The van der Waals surface area contributed by atoms with Gasteiger partial charge in [-0.25, -0.2) is 0 Å². The zero-order chi connectivity index (χ0) is 21.9. The van der Waals surface area contributed by atoms with E-state index in [0.29, 0.717) is 13.2 Å². The van der Waals surface area contributed by atoms with Crippen LogP contribution in [0.15, 0.2) is 59.6 Å². The van der Waals surface area contributed by atoms with E-state index in [1.54, 1.807) is 7.05 Å². The van der Waals surface area contributed by atoms with Gasteiger partial charge < -0.3 is 19.7 Å². The fourth-order valence-electron chi connectivity index (χ4n) is 3.73. The summed E-state index contributed by atoms with van der Waals surface area (Å²) < 4.78 is 11.0. The number of nitrogens with one attached hydrogen (secondary N) is 1. The topological polar surface area (TPSA) is 63.2 Å². The third-order valence-corrected chi connectivity index (χ3v) is 5.49. The maximum absolute atomic E-state index is 11.9. The molecule has 7 heteroatoms. The van der Waals surface area contributed by atoms with Crippen molar-refractivity contribution in [1.29, 1.82) is 0 Å². The van der Waals surface area contributed by atoms with Crippen LogP contribution in [-0.2, 0) is 22.6 Å². The second kappa shape index (κ2) is 14.0. The van der Waals surface area contributed by atoms with E-state index in [9.17, 15) is 4.79 Å². The highest BCUT2D eigenvalue weighted by Gasteiger charge is 2.27. The van der Waals surface area contributed by atoms with Crippen LogP contribution in [0.4, 0.5) is 0 Å². The molecule has 0 unspecified atom stereocenters. The van der Waals surface area contributed by atoms with E-state index in [4.69, 9.17) is 9.47 Å². The van der Waals surface area contributed by atoms with Gasteiger partial charge >= 0.3 is 5.97 Å². The Bertz CT molecular complexity index is 835. The molecule has 3 rings (SSSR count). The second-order valence-corrected chi connectivity index (χ2v) is 7.66. The van der Waals surface area contributed by atoms with E-state index in [1.807, 2.05) is 37.3 Å². The first-order valence-electron chi connectivity index (χ1n) is 11.1. The molecule has 0 bridgehead atoms. The molecule has 174 valence electrons. The molecule has 2 aromatic rings. The average molecular weight is 551 g/mol. The number of carbonyl (C=O) groups excluding carboxylic acids is 1. The average Bonchev–Trinajstić information content (AvgIpc) is 2.82. The van der Waals surface area contributed by atoms with E-state index >= 15 is 0 Å². The Morgan fingerprint density at radius 3 is 2.38 bits per heavy atom. The number of halogens is 1. The quantitative estimate of drug-likeness (QED) is 0.230. The summed E-state index contributed by atoms with van der Waals surface area (Å²) in [5, 5.41) is 3.45. The lowest BCUT2D eigenvalue weighted by atomic mass is 9.97. The summed E-state index contributed by atoms with van der Waals surface area (Å²) >= 11 is 0. The molecular weight excluding hydrogens is 517 g/mol. The zero-order valence-electron chi connectivity index (χ0n) is 19.0. The number of carbonyl (C=O) groups is 1. The summed E-state index contributed by atoms with van der Waals surface area (Å²) in [5.74, 6) is 1.71. The number of esters is 1. The van der Waals surface area contributed by atoms with Crippen molar-refractivity contribution in [3.8, 4) is 5.75 Å². The van der Waals surface area contributed by atoms with E-state index in [0.717, 1.165) is 56.2 Å². The fraction of sp³-hybridized carbons (Fsp3) is 0.440. The van der Waals surface area contributed by atoms with Gasteiger partial charge in [-0.3, -0.25) is 9.79 Å². The maximum atomic E-state index is 11.9. The number of hydrogen-bond acceptors (Lipinski definition) is 4. The molecule has 1 aliphatic rings. The number of hydrogen-bond donors (Lipinski definition) is 1. The first kappa shape index (κ1) is 26.0. The monoisotopic (exact) mass is 551 g/mol. The van der Waals surface area contributed by atoms with E-state index < -0.39 is 0 Å². The third kappa shape index (κ3) is 8.00. The Balaban J connectivity index is 0.00000363. The number of rotatable bonds is 8. The summed E-state index contributed by atoms with van der Waals surface area (Å²) in [4.78, 5) is 18.5. The molecule has 0 radical (unpaired) electrons. The predicted molar refractivity (Wildman–Crippen MR) is 139 cm³/mol. The first-order valence-corrected chi connectivity index (χ1v) is 11.1. The summed E-state index contributed by atoms with van der Waals surface area (Å²) in [6, 6.07) is 18.4. The molecule has 32 heavy (non-hydrogen) atoms. The number of aliphatic imine (C=N–C) groups is 1. The van der Waals surface area contributed by atoms with Crippen LogP contribution < -0.4 is 10.1 Å². The minimum absolute atomic E-state index is 0. The molecule has 6 nitrogen and oxygen atoms in total. The van der Waals surface area contributed by atoms with Crippen molar-refractivity contribution in [1.82, 2.24) is 10.2 Å². The van der Waals surface area contributed by atoms with Gasteiger partial charge in [0, 0.05) is 26.7 Å². The van der Waals surface area contributed by atoms with Gasteiger partial charge in [0.25, 0.3) is 0 Å². The molecule has 0 saturated carbocycles. The lowest BCUT2D eigenvalue weighted by molar-refractivity contribution is -0.149. The first-order chi connectivity index (χ1) is 15.2. The Kier molecular flexibility index (Phi) is 11.3. The van der Waals surface area contributed by atoms with Crippen molar-refractivity contribution in [3.05, 3.63) is 65.7 Å². The maximum Gasteiger partial charge on any atom is 0.309 e. The molecule has 0 amide bonds. The number of piperidine rings is 1. The van der Waals surface area contributed by atoms with Crippen LogP contribution >= 0.6 is 24.0 Å². The van der Waals surface area contributed by atoms with E-state index in [2.05, 4.69) is 39.5 Å². The van der Waals surface area contributed by atoms with Crippen LogP contribution in [-0.4, -0.2) is 50.1 Å². The third-order valence-electron chi connectivity index (χ3n) is 5.49. The molecule has 0 atom stereocenters. The van der Waals surface area contributed by atoms with Gasteiger partial charge in [-0.15, -0.1) is 24.0 Å². The smallest absolute Gasteiger partial charge is 0.309 e. The molecule has 1 heterocycles. The van der Waals surface area contributed by atoms with Gasteiger partial charge in [0.05, 0.1) is 12.5 Å². The van der Waals surface area contributed by atoms with Crippen LogP contribution in [0.3, 0.4) is 0 Å². The lowest BCUT2D eigenvalue weighted by Gasteiger charge is -2.33. The number of guanidine groups is 1. The number of nitrogens with zero attached hydrogens (tertiary/aromatic N) is 2. The number of likely N-dealkylation sites (tertiary alicyclic amines) is 1. The van der Waals surface area contributed by atoms with Crippen LogP contribution in [0, 0.1) is 5.92 Å². The van der Waals surface area contributed by atoms with Crippen LogP contribution in [0.25, 0.3) is 0 Å². The molecular formula is C25H34IN3O3. The lowest BCUT2D eigenvalue weighted by Crippen LogP contribution is -2.47. The molecule has 1 fully saturated rings. The minimum atomic E-state index is -0.0682. The Labute approximate surface area is 208 Å². The van der Waals surface area contributed by atoms with Gasteiger partial charge in [-0.1, -0.05) is 42.5 Å². The predicted octanol–water partition coefficient (Wildman–Crippen LogP) is 4.28. The molecule has 0 aliphatic carbocycles. The van der Waals surface area contributed by atoms with Gasteiger partial charge in [-0.05, 0) is 49.4 Å². The van der Waals surface area contributed by atoms with Crippen molar-refractivity contribution in [2.45, 2.75) is 32.8 Å². The summed E-state index contributed by atoms with van der Waals surface area (Å²) in [5.41, 5.74) is 2.41. The van der Waals surface area contributed by atoms with Crippen LogP contribution in [0.1, 0.15) is 30.9 Å². The standard InChI is InChI=1S/C25H33N3O3.HI/c1-3-30-24(29)22-14-17-28(18-15-22)25(26-2)27-16-13-20-9-11-23(12-10-20)31-19-21-7-5-4-6-8-21;/h4-12,22H,3,13-19H2,1-2H3,(H,26,27);1H. The van der Waals surface area contributed by atoms with Crippen molar-refractivity contribution in [2.75, 3.05) is 33.3 Å². The zero-order valence-corrected chi connectivity index (χ0v) is 21.3. The number of benzene rings is 2. The van der Waals surface area contributed by atoms with Gasteiger partial charge in [-0.2, -0.15) is 0 Å². The van der Waals surface area contributed by atoms with E-state index in [1.165, 1.54) is 5.56 Å². The molecule has 0 aromatic heterocycles. The SMILES string of the molecule is CCOC(=O)C1CCN(C(=NC)NCCc2ccc(OCc3ccccc3)cc2)CC1.I. The van der Waals surface area contributed by atoms with Gasteiger partial charge in [0.2, 0.25) is 0 Å². The largest absolute Gasteiger partial charge is 0.489 e. The molecule has 0 spiro atoms. The van der Waals surface area contributed by atoms with Crippen molar-refractivity contribution in [3.63, 3.8) is 0 Å². The van der Waals surface area contributed by atoms with Crippen LogP contribution in [0.5, 0.6) is 5.75 Å². The van der Waals surface area contributed by atoms with E-state index in [-0.39, 0.29) is 35.9 Å². The summed E-state index contributed by atoms with van der Waals surface area (Å²) in [6.45, 7) is 5.30. The van der Waals surface area contributed by atoms with Crippen molar-refractivity contribution >= 4 is 35.9 Å². The minimum Gasteiger partial charge on any atom is -0.489 e. The van der Waals surface area contributed by atoms with Crippen molar-refractivity contribution in [2.24, 2.45) is 10.9 Å². The highest BCUT2D eigenvalue weighted by atomic mass is 127. The summed E-state index contributed by atoms with van der Waals surface area (Å²) in [6.07, 6.45) is 2.52. The molecule has 1 aliphatic heterocycles. The molecule has 1 N–H and O–H groups in total. The Morgan fingerprint density at radius 2 is 1.75 bits per heavy atom. The summed E-state index contributed by atoms with van der Waals surface area (Å²) in [7, 11) is 1.80. The Hall–Kier alpha value is -2.29. The highest BCUT2D eigenvalue weighted by Crippen LogP contribution is 2.19.